The van der Waals surface area contributed by atoms with E-state index >= 15 is 0 Å². The van der Waals surface area contributed by atoms with Crippen LogP contribution in [0.4, 0.5) is 5.69 Å². The quantitative estimate of drug-likeness (QED) is 0.839. The fourth-order valence-corrected chi connectivity index (χ4v) is 1.97. The van der Waals surface area contributed by atoms with E-state index in [1.54, 1.807) is 6.20 Å². The summed E-state index contributed by atoms with van der Waals surface area (Å²) in [7, 11) is 0. The Morgan fingerprint density at radius 3 is 2.89 bits per heavy atom. The number of nitrogens with one attached hydrogen (secondary N) is 2. The van der Waals surface area contributed by atoms with Crippen LogP contribution in [-0.4, -0.2) is 24.1 Å². The van der Waals surface area contributed by atoms with Crippen LogP contribution in [0, 0.1) is 16.7 Å². The van der Waals surface area contributed by atoms with Gasteiger partial charge in [-0.25, -0.2) is 0 Å². The summed E-state index contributed by atoms with van der Waals surface area (Å²) in [5.74, 6) is -0.305. The van der Waals surface area contributed by atoms with Gasteiger partial charge in [0.25, 0.3) is 0 Å². The number of ether oxygens (including phenoxy) is 1. The molecule has 0 unspecified atom stereocenters. The van der Waals surface area contributed by atoms with Crippen molar-refractivity contribution in [1.82, 2.24) is 4.98 Å². The first kappa shape index (κ1) is 10.8. The Kier molecular flexibility index (Phi) is 2.32. The molecule has 0 atom stereocenters. The molecule has 0 spiro atoms. The molecule has 1 aliphatic heterocycles. The molecule has 0 radical (unpaired) electrons. The number of anilines is 1. The molecule has 2 aromatic rings. The Morgan fingerprint density at radius 1 is 1.44 bits per heavy atom. The fraction of sp³-hybridized carbons (Fsp3) is 0.231. The number of nitriles is 1. The zero-order valence-electron chi connectivity index (χ0n) is 9.56. The number of hydrogen-bond donors (Lipinski definition) is 2. The van der Waals surface area contributed by atoms with Crippen LogP contribution in [0.2, 0.25) is 0 Å². The van der Waals surface area contributed by atoms with E-state index in [4.69, 9.17) is 10.00 Å². The van der Waals surface area contributed by atoms with Gasteiger partial charge in [0.1, 0.15) is 0 Å². The van der Waals surface area contributed by atoms with Crippen LogP contribution >= 0.6 is 0 Å². The smallest absolute Gasteiger partial charge is 0.249 e. The van der Waals surface area contributed by atoms with E-state index in [-0.39, 0.29) is 19.1 Å². The summed E-state index contributed by atoms with van der Waals surface area (Å²) in [6.07, 6.45) is 1.73. The van der Waals surface area contributed by atoms with E-state index in [0.29, 0.717) is 5.69 Å². The summed E-state index contributed by atoms with van der Waals surface area (Å²) in [6.45, 7) is 0.329. The maximum Gasteiger partial charge on any atom is 0.249 e. The van der Waals surface area contributed by atoms with Crippen LogP contribution < -0.4 is 5.32 Å². The van der Waals surface area contributed by atoms with E-state index < -0.39 is 5.41 Å². The minimum Gasteiger partial charge on any atom is -0.377 e. The fourth-order valence-electron chi connectivity index (χ4n) is 1.97. The molecule has 0 aliphatic carbocycles. The predicted octanol–water partition coefficient (Wildman–Crippen LogP) is 1.65. The average molecular weight is 241 g/mol. The molecule has 0 saturated carbocycles. The van der Waals surface area contributed by atoms with Crippen molar-refractivity contribution >= 4 is 22.5 Å². The molecule has 1 amide bonds. The number of rotatable bonds is 2. The number of fused-ring (bicyclic) bond motifs is 1. The van der Waals surface area contributed by atoms with Gasteiger partial charge in [0.05, 0.1) is 25.0 Å². The lowest BCUT2D eigenvalue weighted by atomic mass is 9.87. The van der Waals surface area contributed by atoms with Gasteiger partial charge in [0.15, 0.2) is 5.41 Å². The molecule has 5 nitrogen and oxygen atoms in total. The van der Waals surface area contributed by atoms with Crippen LogP contribution in [0.3, 0.4) is 0 Å². The molecule has 1 aromatic carbocycles. The number of para-hydroxylation sites is 1. The van der Waals surface area contributed by atoms with Crippen LogP contribution in [-0.2, 0) is 9.53 Å². The molecular weight excluding hydrogens is 230 g/mol. The Labute approximate surface area is 103 Å². The lowest BCUT2D eigenvalue weighted by Crippen LogP contribution is -2.50. The Bertz CT molecular complexity index is 650. The van der Waals surface area contributed by atoms with Crippen molar-refractivity contribution in [1.29, 1.82) is 5.26 Å². The molecule has 0 bridgehead atoms. The van der Waals surface area contributed by atoms with E-state index in [9.17, 15) is 4.79 Å². The minimum atomic E-state index is -1.03. The van der Waals surface area contributed by atoms with Crippen molar-refractivity contribution < 1.29 is 9.53 Å². The van der Waals surface area contributed by atoms with E-state index in [1.807, 2.05) is 30.3 Å². The lowest BCUT2D eigenvalue weighted by Gasteiger charge is -2.33. The van der Waals surface area contributed by atoms with Gasteiger partial charge in [0.2, 0.25) is 5.91 Å². The molecular formula is C13H11N3O2. The van der Waals surface area contributed by atoms with Crippen molar-refractivity contribution in [3.63, 3.8) is 0 Å². The van der Waals surface area contributed by atoms with Gasteiger partial charge in [-0.15, -0.1) is 0 Å². The molecule has 3 rings (SSSR count). The second-order valence-corrected chi connectivity index (χ2v) is 4.39. The third-order valence-corrected chi connectivity index (χ3v) is 3.18. The molecule has 5 heteroatoms. The summed E-state index contributed by atoms with van der Waals surface area (Å²) in [5.41, 5.74) is 0.610. The van der Waals surface area contributed by atoms with Gasteiger partial charge in [-0.1, -0.05) is 18.2 Å². The minimum absolute atomic E-state index is 0.164. The SMILES string of the molecule is N#CC1(C(=O)Nc2c[nH]c3ccccc23)COC1. The van der Waals surface area contributed by atoms with Crippen molar-refractivity contribution in [2.75, 3.05) is 18.5 Å². The monoisotopic (exact) mass is 241 g/mol. The second-order valence-electron chi connectivity index (χ2n) is 4.39. The van der Waals surface area contributed by atoms with Gasteiger partial charge in [-0.05, 0) is 6.07 Å². The van der Waals surface area contributed by atoms with Crippen LogP contribution in [0.15, 0.2) is 30.5 Å². The predicted molar refractivity (Wildman–Crippen MR) is 65.8 cm³/mol. The highest BCUT2D eigenvalue weighted by atomic mass is 16.5. The van der Waals surface area contributed by atoms with Gasteiger partial charge in [-0.2, -0.15) is 5.26 Å². The number of nitrogens with zero attached hydrogens (tertiary/aromatic N) is 1. The number of H-pyrrole nitrogens is 1. The number of aromatic amines is 1. The highest BCUT2D eigenvalue weighted by Gasteiger charge is 2.46. The highest BCUT2D eigenvalue weighted by Crippen LogP contribution is 2.30. The van der Waals surface area contributed by atoms with E-state index in [0.717, 1.165) is 10.9 Å². The molecule has 2 heterocycles. The molecule has 1 fully saturated rings. The molecule has 1 aromatic heterocycles. The Balaban J connectivity index is 1.89. The number of carbonyl (C=O) groups excluding carboxylic acids is 1. The zero-order valence-corrected chi connectivity index (χ0v) is 9.56. The van der Waals surface area contributed by atoms with Crippen LogP contribution in [0.5, 0.6) is 0 Å². The number of amides is 1. The standard InChI is InChI=1S/C13H11N3O2/c14-6-13(7-18-8-13)12(17)16-11-5-15-10-4-2-1-3-9(10)11/h1-5,15H,7-8H2,(H,16,17). The highest BCUT2D eigenvalue weighted by molar-refractivity contribution is 6.04. The average Bonchev–Trinajstić information content (AvgIpc) is 2.72. The van der Waals surface area contributed by atoms with Crippen LogP contribution in [0.1, 0.15) is 0 Å². The summed E-state index contributed by atoms with van der Waals surface area (Å²) >= 11 is 0. The largest absolute Gasteiger partial charge is 0.377 e. The lowest BCUT2D eigenvalue weighted by molar-refractivity contribution is -0.144. The first-order valence-electron chi connectivity index (χ1n) is 5.62. The molecule has 90 valence electrons. The van der Waals surface area contributed by atoms with Gasteiger partial charge >= 0.3 is 0 Å². The number of carbonyl (C=O) groups is 1. The normalized spacial score (nSPS) is 16.8. The topological polar surface area (TPSA) is 77.9 Å². The number of hydrogen-bond acceptors (Lipinski definition) is 3. The van der Waals surface area contributed by atoms with Gasteiger partial charge < -0.3 is 15.0 Å². The summed E-state index contributed by atoms with van der Waals surface area (Å²) in [6, 6.07) is 9.69. The van der Waals surface area contributed by atoms with Crippen molar-refractivity contribution in [2.24, 2.45) is 5.41 Å². The summed E-state index contributed by atoms with van der Waals surface area (Å²) < 4.78 is 4.97. The molecule has 18 heavy (non-hydrogen) atoms. The van der Waals surface area contributed by atoms with Crippen molar-refractivity contribution in [2.45, 2.75) is 0 Å². The van der Waals surface area contributed by atoms with Gasteiger partial charge in [-0.3, -0.25) is 4.79 Å². The maximum atomic E-state index is 12.1. The first-order chi connectivity index (χ1) is 8.75. The number of benzene rings is 1. The molecule has 2 N–H and O–H groups in total. The van der Waals surface area contributed by atoms with Crippen LogP contribution in [0.25, 0.3) is 10.9 Å². The Hall–Kier alpha value is -2.32. The number of aromatic nitrogens is 1. The van der Waals surface area contributed by atoms with E-state index in [1.165, 1.54) is 0 Å². The van der Waals surface area contributed by atoms with Crippen molar-refractivity contribution in [3.8, 4) is 6.07 Å². The second kappa shape index (κ2) is 3.86. The van der Waals surface area contributed by atoms with Crippen molar-refractivity contribution in [3.05, 3.63) is 30.5 Å². The third-order valence-electron chi connectivity index (χ3n) is 3.18. The molecule has 1 saturated heterocycles. The zero-order chi connectivity index (χ0) is 12.6. The molecule has 1 aliphatic rings. The van der Waals surface area contributed by atoms with E-state index in [2.05, 4.69) is 10.3 Å². The maximum absolute atomic E-state index is 12.1. The summed E-state index contributed by atoms with van der Waals surface area (Å²) in [5, 5.41) is 12.8. The third kappa shape index (κ3) is 1.47. The summed E-state index contributed by atoms with van der Waals surface area (Å²) in [4.78, 5) is 15.1. The van der Waals surface area contributed by atoms with Gasteiger partial charge in [0, 0.05) is 17.1 Å². The first-order valence-corrected chi connectivity index (χ1v) is 5.62. The Morgan fingerprint density at radius 2 is 2.22 bits per heavy atom.